The van der Waals surface area contributed by atoms with Crippen molar-refractivity contribution in [3.05, 3.63) is 65.7 Å². The maximum Gasteiger partial charge on any atom is 0.414 e. The molecule has 2 rings (SSSR count). The first-order chi connectivity index (χ1) is 11.4. The molecule has 6 heteroatoms. The van der Waals surface area contributed by atoms with E-state index in [-0.39, 0.29) is 0 Å². The predicted octanol–water partition coefficient (Wildman–Crippen LogP) is 2.70. The van der Waals surface area contributed by atoms with Gasteiger partial charge in [0.05, 0.1) is 7.11 Å². The molecule has 1 atom stereocenters. The lowest BCUT2D eigenvalue weighted by molar-refractivity contribution is -0.159. The minimum atomic E-state index is -1.82. The molecular formula is C18H21NO5. The number of carboxylic acid groups (broad SMARTS) is 2. The lowest BCUT2D eigenvalue weighted by Gasteiger charge is -2.14. The normalized spacial score (nSPS) is 10.9. The second kappa shape index (κ2) is 10.0. The number of aliphatic carboxylic acids is 2. The average molecular weight is 331 g/mol. The summed E-state index contributed by atoms with van der Waals surface area (Å²) in [5.74, 6) is -2.75. The molecule has 0 amide bonds. The van der Waals surface area contributed by atoms with E-state index in [0.717, 1.165) is 12.3 Å². The molecule has 0 aliphatic carbocycles. The van der Waals surface area contributed by atoms with Gasteiger partial charge in [0.25, 0.3) is 0 Å². The van der Waals surface area contributed by atoms with Crippen molar-refractivity contribution >= 4 is 11.9 Å². The molecule has 6 nitrogen and oxygen atoms in total. The maximum atomic E-state index is 9.10. The first-order valence-electron chi connectivity index (χ1n) is 7.31. The highest BCUT2D eigenvalue weighted by molar-refractivity contribution is 6.27. The SMILES string of the molecule is COc1ccc(CN[C@H](C)c2ccccc2)cc1.O=C(O)C(=O)O. The second-order valence-corrected chi connectivity index (χ2v) is 4.97. The Labute approximate surface area is 140 Å². The summed E-state index contributed by atoms with van der Waals surface area (Å²) >= 11 is 0. The smallest absolute Gasteiger partial charge is 0.414 e. The standard InChI is InChI=1S/C16H19NO.C2H2O4/c1-13(15-6-4-3-5-7-15)17-12-14-8-10-16(18-2)11-9-14;3-1(4)2(5)6/h3-11,13,17H,12H2,1-2H3;(H,3,4)(H,5,6)/t13-;/m1./s1. The van der Waals surface area contributed by atoms with E-state index in [9.17, 15) is 0 Å². The van der Waals surface area contributed by atoms with Crippen LogP contribution in [0.25, 0.3) is 0 Å². The highest BCUT2D eigenvalue weighted by Gasteiger charge is 2.04. The van der Waals surface area contributed by atoms with Crippen LogP contribution in [-0.2, 0) is 16.1 Å². The van der Waals surface area contributed by atoms with Crippen molar-refractivity contribution in [2.75, 3.05) is 7.11 Å². The molecule has 0 aromatic heterocycles. The molecule has 0 saturated heterocycles. The van der Waals surface area contributed by atoms with Gasteiger partial charge in [-0.1, -0.05) is 42.5 Å². The van der Waals surface area contributed by atoms with Crippen molar-refractivity contribution in [3.63, 3.8) is 0 Å². The summed E-state index contributed by atoms with van der Waals surface area (Å²) < 4.78 is 5.14. The quantitative estimate of drug-likeness (QED) is 0.729. The summed E-state index contributed by atoms with van der Waals surface area (Å²) in [5.41, 5.74) is 2.57. The summed E-state index contributed by atoms with van der Waals surface area (Å²) in [6, 6.07) is 19.0. The number of benzene rings is 2. The largest absolute Gasteiger partial charge is 0.497 e. The minimum absolute atomic E-state index is 0.355. The van der Waals surface area contributed by atoms with E-state index in [1.165, 1.54) is 11.1 Å². The van der Waals surface area contributed by atoms with E-state index in [1.54, 1.807) is 7.11 Å². The van der Waals surface area contributed by atoms with Crippen molar-refractivity contribution < 1.29 is 24.5 Å². The van der Waals surface area contributed by atoms with Gasteiger partial charge in [-0.3, -0.25) is 0 Å². The van der Waals surface area contributed by atoms with Gasteiger partial charge >= 0.3 is 11.9 Å². The van der Waals surface area contributed by atoms with Crippen molar-refractivity contribution in [2.45, 2.75) is 19.5 Å². The number of hydrogen-bond donors (Lipinski definition) is 3. The Morgan fingerprint density at radius 3 is 2.00 bits per heavy atom. The highest BCUT2D eigenvalue weighted by Crippen LogP contribution is 2.14. The minimum Gasteiger partial charge on any atom is -0.497 e. The lowest BCUT2D eigenvalue weighted by Crippen LogP contribution is -2.17. The summed E-state index contributed by atoms with van der Waals surface area (Å²) in [5, 5.41) is 18.3. The molecule has 0 saturated carbocycles. The third kappa shape index (κ3) is 6.93. The first-order valence-corrected chi connectivity index (χ1v) is 7.31. The van der Waals surface area contributed by atoms with E-state index in [1.807, 2.05) is 18.2 Å². The molecule has 0 aliphatic heterocycles. The van der Waals surface area contributed by atoms with Crippen molar-refractivity contribution in [1.82, 2.24) is 5.32 Å². The Morgan fingerprint density at radius 2 is 1.54 bits per heavy atom. The number of methoxy groups -OCH3 is 1. The fourth-order valence-electron chi connectivity index (χ4n) is 1.87. The average Bonchev–Trinajstić information content (AvgIpc) is 2.61. The second-order valence-electron chi connectivity index (χ2n) is 4.97. The van der Waals surface area contributed by atoms with E-state index >= 15 is 0 Å². The fraction of sp³-hybridized carbons (Fsp3) is 0.222. The molecule has 0 spiro atoms. The predicted molar refractivity (Wildman–Crippen MR) is 90.0 cm³/mol. The van der Waals surface area contributed by atoms with E-state index in [0.29, 0.717) is 6.04 Å². The maximum absolute atomic E-state index is 9.10. The van der Waals surface area contributed by atoms with Gasteiger partial charge in [0.2, 0.25) is 0 Å². The molecule has 128 valence electrons. The van der Waals surface area contributed by atoms with Gasteiger partial charge < -0.3 is 20.3 Å². The van der Waals surface area contributed by atoms with Gasteiger partial charge in [0.15, 0.2) is 0 Å². The monoisotopic (exact) mass is 331 g/mol. The third-order valence-electron chi connectivity index (χ3n) is 3.25. The van der Waals surface area contributed by atoms with Crippen LogP contribution >= 0.6 is 0 Å². The van der Waals surface area contributed by atoms with Crippen molar-refractivity contribution in [3.8, 4) is 5.75 Å². The number of ether oxygens (including phenoxy) is 1. The van der Waals surface area contributed by atoms with Crippen molar-refractivity contribution in [1.29, 1.82) is 0 Å². The molecule has 24 heavy (non-hydrogen) atoms. The Bertz CT molecular complexity index is 628. The van der Waals surface area contributed by atoms with Crippen LogP contribution < -0.4 is 10.1 Å². The highest BCUT2D eigenvalue weighted by atomic mass is 16.5. The zero-order valence-electron chi connectivity index (χ0n) is 13.6. The van der Waals surface area contributed by atoms with Gasteiger partial charge in [0.1, 0.15) is 5.75 Å². The van der Waals surface area contributed by atoms with Crippen LogP contribution in [0.4, 0.5) is 0 Å². The Kier molecular flexibility index (Phi) is 8.01. The van der Waals surface area contributed by atoms with Crippen LogP contribution in [0, 0.1) is 0 Å². The molecule has 0 heterocycles. The van der Waals surface area contributed by atoms with Crippen LogP contribution in [0.2, 0.25) is 0 Å². The Hall–Kier alpha value is -2.86. The van der Waals surface area contributed by atoms with Gasteiger partial charge in [-0.25, -0.2) is 9.59 Å². The fourth-order valence-corrected chi connectivity index (χ4v) is 1.87. The molecule has 0 unspecified atom stereocenters. The number of hydrogen-bond acceptors (Lipinski definition) is 4. The van der Waals surface area contributed by atoms with Gasteiger partial charge in [-0.2, -0.15) is 0 Å². The van der Waals surface area contributed by atoms with E-state index in [2.05, 4.69) is 48.6 Å². The topological polar surface area (TPSA) is 95.9 Å². The summed E-state index contributed by atoms with van der Waals surface area (Å²) in [4.78, 5) is 18.2. The van der Waals surface area contributed by atoms with Gasteiger partial charge in [-0.05, 0) is 30.2 Å². The van der Waals surface area contributed by atoms with Gasteiger partial charge in [-0.15, -0.1) is 0 Å². The van der Waals surface area contributed by atoms with Crippen LogP contribution in [0.1, 0.15) is 24.1 Å². The third-order valence-corrected chi connectivity index (χ3v) is 3.25. The number of carboxylic acids is 2. The Balaban J connectivity index is 0.000000413. The number of nitrogens with one attached hydrogen (secondary N) is 1. The molecule has 0 radical (unpaired) electrons. The van der Waals surface area contributed by atoms with Gasteiger partial charge in [0, 0.05) is 12.6 Å². The first kappa shape index (κ1) is 19.2. The van der Waals surface area contributed by atoms with Crippen LogP contribution in [0.5, 0.6) is 5.75 Å². The zero-order valence-corrected chi connectivity index (χ0v) is 13.6. The molecule has 0 fully saturated rings. The molecule has 3 N–H and O–H groups in total. The molecule has 2 aromatic rings. The molecule has 0 aliphatic rings. The van der Waals surface area contributed by atoms with Crippen LogP contribution in [0.3, 0.4) is 0 Å². The summed E-state index contributed by atoms with van der Waals surface area (Å²) in [7, 11) is 1.69. The van der Waals surface area contributed by atoms with Crippen LogP contribution in [0.15, 0.2) is 54.6 Å². The van der Waals surface area contributed by atoms with E-state index in [4.69, 9.17) is 24.5 Å². The lowest BCUT2D eigenvalue weighted by atomic mass is 10.1. The molecule has 2 aromatic carbocycles. The Morgan fingerprint density at radius 1 is 1.00 bits per heavy atom. The number of rotatable bonds is 5. The molecule has 0 bridgehead atoms. The van der Waals surface area contributed by atoms with Crippen LogP contribution in [-0.4, -0.2) is 29.3 Å². The summed E-state index contributed by atoms with van der Waals surface area (Å²) in [6.45, 7) is 3.04. The summed E-state index contributed by atoms with van der Waals surface area (Å²) in [6.07, 6.45) is 0. The number of carbonyl (C=O) groups is 2. The zero-order chi connectivity index (χ0) is 17.9. The van der Waals surface area contributed by atoms with E-state index < -0.39 is 11.9 Å². The molecular weight excluding hydrogens is 310 g/mol. The van der Waals surface area contributed by atoms with Crippen molar-refractivity contribution in [2.24, 2.45) is 0 Å².